The van der Waals surface area contributed by atoms with Gasteiger partial charge < -0.3 is 9.73 Å². The van der Waals surface area contributed by atoms with Crippen LogP contribution in [0.5, 0.6) is 0 Å². The fourth-order valence-corrected chi connectivity index (χ4v) is 2.88. The summed E-state index contributed by atoms with van der Waals surface area (Å²) in [4.78, 5) is 12.0. The normalized spacial score (nSPS) is 27.4. The van der Waals surface area contributed by atoms with Gasteiger partial charge in [-0.1, -0.05) is 34.8 Å². The van der Waals surface area contributed by atoms with Crippen molar-refractivity contribution in [3.63, 3.8) is 0 Å². The van der Waals surface area contributed by atoms with E-state index in [-0.39, 0.29) is 18.2 Å². The van der Waals surface area contributed by atoms with Crippen molar-refractivity contribution in [2.45, 2.75) is 46.8 Å². The zero-order chi connectivity index (χ0) is 16.3. The van der Waals surface area contributed by atoms with Gasteiger partial charge in [-0.2, -0.15) is 0 Å². The molecule has 0 aromatic carbocycles. The summed E-state index contributed by atoms with van der Waals surface area (Å²) in [6, 6.07) is 2.81. The summed E-state index contributed by atoms with van der Waals surface area (Å²) in [5, 5.41) is 5.01. The van der Waals surface area contributed by atoms with Gasteiger partial charge in [0.1, 0.15) is 12.3 Å². The zero-order valence-corrected chi connectivity index (χ0v) is 14.4. The Morgan fingerprint density at radius 3 is 2.68 bits per heavy atom. The molecule has 0 aliphatic heterocycles. The third kappa shape index (κ3) is 4.90. The van der Waals surface area contributed by atoms with Crippen LogP contribution in [-0.2, 0) is 0 Å². The molecule has 1 fully saturated rings. The summed E-state index contributed by atoms with van der Waals surface area (Å²) >= 11 is 23.5. The van der Waals surface area contributed by atoms with E-state index in [1.807, 2.05) is 0 Å². The zero-order valence-electron chi connectivity index (χ0n) is 11.4. The Morgan fingerprint density at radius 2 is 2.14 bits per heavy atom. The number of amides is 1. The highest BCUT2D eigenvalue weighted by atomic mass is 35.6. The first-order valence-corrected chi connectivity index (χ1v) is 8.29. The van der Waals surface area contributed by atoms with Gasteiger partial charge in [0.05, 0.1) is 11.6 Å². The van der Waals surface area contributed by atoms with Gasteiger partial charge in [0, 0.05) is 6.04 Å². The molecule has 4 nitrogen and oxygen atoms in total. The van der Waals surface area contributed by atoms with Gasteiger partial charge in [-0.3, -0.25) is 10.1 Å². The summed E-state index contributed by atoms with van der Waals surface area (Å²) in [7, 11) is 0. The summed E-state index contributed by atoms with van der Waals surface area (Å²) in [6.45, 7) is 0. The molecule has 9 heteroatoms. The maximum absolute atomic E-state index is 13.7. The molecular weight excluding hydrogens is 377 g/mol. The van der Waals surface area contributed by atoms with Crippen LogP contribution in [0.3, 0.4) is 0 Å². The van der Waals surface area contributed by atoms with Crippen LogP contribution < -0.4 is 10.6 Å². The third-order valence-corrected chi connectivity index (χ3v) is 4.59. The minimum atomic E-state index is -1.80. The first-order valence-electron chi connectivity index (χ1n) is 6.72. The van der Waals surface area contributed by atoms with E-state index in [2.05, 4.69) is 10.6 Å². The van der Waals surface area contributed by atoms with Gasteiger partial charge in [-0.25, -0.2) is 4.39 Å². The second-order valence-corrected chi connectivity index (χ2v) is 8.06. The van der Waals surface area contributed by atoms with E-state index in [4.69, 9.17) is 50.8 Å². The number of furan rings is 1. The molecule has 4 atom stereocenters. The molecule has 22 heavy (non-hydrogen) atoms. The highest BCUT2D eigenvalue weighted by Crippen LogP contribution is 2.32. The number of hydrogen-bond acceptors (Lipinski definition) is 3. The van der Waals surface area contributed by atoms with E-state index in [0.717, 1.165) is 0 Å². The van der Waals surface area contributed by atoms with Gasteiger partial charge in [-0.05, 0) is 31.4 Å². The van der Waals surface area contributed by atoms with Crippen molar-refractivity contribution in [1.82, 2.24) is 10.6 Å². The molecule has 2 rings (SSSR count). The number of nitrogens with one attached hydrogen (secondary N) is 2. The maximum atomic E-state index is 13.7. The Balaban J connectivity index is 1.99. The monoisotopic (exact) mass is 390 g/mol. The number of halogens is 5. The van der Waals surface area contributed by atoms with E-state index in [0.29, 0.717) is 12.8 Å². The minimum absolute atomic E-state index is 0.0916. The first kappa shape index (κ1) is 18.1. The fraction of sp³-hybridized carbons (Fsp3) is 0.615. The molecule has 0 radical (unpaired) electrons. The van der Waals surface area contributed by atoms with Crippen molar-refractivity contribution < 1.29 is 13.6 Å². The molecular formula is C13H15Cl4FN2O2. The molecule has 1 heterocycles. The molecule has 1 saturated carbocycles. The molecule has 1 aromatic heterocycles. The topological polar surface area (TPSA) is 54.3 Å². The second-order valence-electron chi connectivity index (χ2n) is 5.13. The van der Waals surface area contributed by atoms with Crippen molar-refractivity contribution in [1.29, 1.82) is 0 Å². The van der Waals surface area contributed by atoms with Crippen LogP contribution in [0.4, 0.5) is 4.39 Å². The number of rotatable bonds is 4. The highest BCUT2D eigenvalue weighted by molar-refractivity contribution is 6.68. The molecule has 1 aromatic rings. The Kier molecular flexibility index (Phi) is 6.25. The maximum Gasteiger partial charge on any atom is 0.288 e. The van der Waals surface area contributed by atoms with Crippen LogP contribution in [0, 0.1) is 0 Å². The van der Waals surface area contributed by atoms with Crippen LogP contribution in [-0.4, -0.2) is 33.5 Å². The van der Waals surface area contributed by atoms with Gasteiger partial charge >= 0.3 is 0 Å². The smallest absolute Gasteiger partial charge is 0.288 e. The van der Waals surface area contributed by atoms with Crippen molar-refractivity contribution >= 4 is 52.3 Å². The Bertz CT molecular complexity index is 495. The average Bonchev–Trinajstić information content (AvgIpc) is 2.95. The number of hydrogen-bond donors (Lipinski definition) is 2. The summed E-state index contributed by atoms with van der Waals surface area (Å²) < 4.78 is 16.9. The highest BCUT2D eigenvalue weighted by Gasteiger charge is 2.38. The largest absolute Gasteiger partial charge is 0.459 e. The van der Waals surface area contributed by atoms with E-state index in [9.17, 15) is 9.18 Å². The van der Waals surface area contributed by atoms with E-state index < -0.39 is 27.4 Å². The molecule has 1 aliphatic rings. The summed E-state index contributed by atoms with van der Waals surface area (Å²) in [6.07, 6.45) is 0.579. The quantitative estimate of drug-likeness (QED) is 0.606. The van der Waals surface area contributed by atoms with Crippen LogP contribution in [0.1, 0.15) is 29.8 Å². The van der Waals surface area contributed by atoms with Crippen molar-refractivity contribution in [2.75, 3.05) is 0 Å². The van der Waals surface area contributed by atoms with Gasteiger partial charge in [-0.15, -0.1) is 11.6 Å². The van der Waals surface area contributed by atoms with Gasteiger partial charge in [0.2, 0.25) is 3.79 Å². The van der Waals surface area contributed by atoms with Crippen molar-refractivity contribution in [3.8, 4) is 0 Å². The lowest BCUT2D eigenvalue weighted by molar-refractivity contribution is 0.0893. The van der Waals surface area contributed by atoms with Crippen LogP contribution in [0.15, 0.2) is 22.8 Å². The second kappa shape index (κ2) is 7.58. The van der Waals surface area contributed by atoms with Crippen molar-refractivity contribution in [2.24, 2.45) is 0 Å². The molecule has 1 amide bonds. The number of carbonyl (C=O) groups excluding carboxylic acids is 1. The van der Waals surface area contributed by atoms with Crippen LogP contribution >= 0.6 is 46.4 Å². The average molecular weight is 392 g/mol. The van der Waals surface area contributed by atoms with E-state index in [1.165, 1.54) is 12.3 Å². The van der Waals surface area contributed by atoms with Crippen LogP contribution in [0.25, 0.3) is 0 Å². The molecule has 4 unspecified atom stereocenters. The molecule has 2 N–H and O–H groups in total. The predicted octanol–water partition coefficient (Wildman–Crippen LogP) is 3.79. The summed E-state index contributed by atoms with van der Waals surface area (Å²) in [5.41, 5.74) is 0. The number of alkyl halides is 5. The minimum Gasteiger partial charge on any atom is -0.459 e. The van der Waals surface area contributed by atoms with Gasteiger partial charge in [0.25, 0.3) is 5.91 Å². The first-order chi connectivity index (χ1) is 10.3. The Labute approximate surface area is 147 Å². The lowest BCUT2D eigenvalue weighted by atomic mass is 9.93. The van der Waals surface area contributed by atoms with E-state index >= 15 is 0 Å². The molecule has 0 saturated heterocycles. The van der Waals surface area contributed by atoms with E-state index in [1.54, 1.807) is 6.07 Å². The Morgan fingerprint density at radius 1 is 1.41 bits per heavy atom. The van der Waals surface area contributed by atoms with Crippen molar-refractivity contribution in [3.05, 3.63) is 24.2 Å². The fourth-order valence-electron chi connectivity index (χ4n) is 2.29. The standard InChI is InChI=1S/C13H15Cl4FN2O2/c14-8-4-3-7(6-9(8)18)19-12(13(15,16)17)20-11(21)10-2-1-5-22-10/h1-2,5,7-9,12,19H,3-4,6H2,(H,20,21). The third-order valence-electron chi connectivity index (χ3n) is 3.44. The molecule has 1 aliphatic carbocycles. The number of carbonyl (C=O) groups is 1. The lowest BCUT2D eigenvalue weighted by Crippen LogP contribution is -2.57. The van der Waals surface area contributed by atoms with Gasteiger partial charge in [0.15, 0.2) is 5.76 Å². The Hall–Kier alpha value is -0.200. The lowest BCUT2D eigenvalue weighted by Gasteiger charge is -2.34. The van der Waals surface area contributed by atoms with Crippen LogP contribution in [0.2, 0.25) is 0 Å². The molecule has 0 spiro atoms. The predicted molar refractivity (Wildman–Crippen MR) is 85.6 cm³/mol. The summed E-state index contributed by atoms with van der Waals surface area (Å²) in [5.74, 6) is -0.439. The SMILES string of the molecule is O=C(NC(NC1CCC(Cl)C(F)C1)C(Cl)(Cl)Cl)c1ccco1. The molecule has 124 valence electrons. The molecule has 0 bridgehead atoms.